The molecule has 34 heavy (non-hydrogen) atoms. The Morgan fingerprint density at radius 3 is 2.03 bits per heavy atom. The lowest BCUT2D eigenvalue weighted by Crippen LogP contribution is -2.46. The first-order chi connectivity index (χ1) is 15.9. The maximum Gasteiger partial charge on any atom is 0.428 e. The van der Waals surface area contributed by atoms with E-state index in [1.54, 1.807) is 7.11 Å². The zero-order valence-corrected chi connectivity index (χ0v) is 18.8. The minimum absolute atomic E-state index is 0.175. The van der Waals surface area contributed by atoms with Crippen LogP contribution in [-0.4, -0.2) is 50.2 Å². The van der Waals surface area contributed by atoms with Gasteiger partial charge in [0.1, 0.15) is 18.7 Å². The summed E-state index contributed by atoms with van der Waals surface area (Å²) in [5.74, 6) is -1.20. The highest BCUT2D eigenvalue weighted by molar-refractivity contribution is 5.29. The highest BCUT2D eigenvalue weighted by Gasteiger charge is 2.59. The summed E-state index contributed by atoms with van der Waals surface area (Å²) in [7, 11) is 1.57. The normalized spacial score (nSPS) is 36.3. The molecule has 3 atom stereocenters. The van der Waals surface area contributed by atoms with Crippen LogP contribution in [-0.2, 0) is 14.2 Å². The van der Waals surface area contributed by atoms with Crippen LogP contribution in [0, 0.1) is 17.8 Å². The van der Waals surface area contributed by atoms with Crippen LogP contribution in [0.4, 0.5) is 35.1 Å². The number of ether oxygens (including phenoxy) is 3. The molecule has 3 aliphatic carbocycles. The van der Waals surface area contributed by atoms with Crippen molar-refractivity contribution in [3.8, 4) is 0 Å². The fourth-order valence-corrected chi connectivity index (χ4v) is 5.36. The summed E-state index contributed by atoms with van der Waals surface area (Å²) in [6.07, 6.45) is -9.82. The lowest BCUT2D eigenvalue weighted by molar-refractivity contribution is -0.341. The van der Waals surface area contributed by atoms with Gasteiger partial charge in [-0.1, -0.05) is 0 Å². The van der Waals surface area contributed by atoms with Crippen molar-refractivity contribution in [1.29, 1.82) is 0 Å². The molecule has 0 aromatic rings. The second-order valence-corrected chi connectivity index (χ2v) is 9.44. The lowest BCUT2D eigenvalue weighted by Gasteiger charge is -2.41. The average Bonchev–Trinajstić information content (AvgIpc) is 2.79. The Labute approximate surface area is 193 Å². The molecule has 3 unspecified atom stereocenters. The fourth-order valence-electron chi connectivity index (χ4n) is 5.36. The summed E-state index contributed by atoms with van der Waals surface area (Å²) in [4.78, 5) is 0. The number of allylic oxidation sites excluding steroid dienone is 2. The van der Waals surface area contributed by atoms with E-state index in [9.17, 15) is 30.7 Å². The standard InChI is InChI=1S/C23H30F8O3/c1-32-13-33-17-8-4-15(5-9-17)14-2-6-16(7-3-14)21(26)11-10-19(18(24)12-21)34-23(30,31)20(25)22(27,28)29/h10-12,14-17,19-20H,2-9,13H2,1H3. The molecule has 3 aliphatic rings. The van der Waals surface area contributed by atoms with Crippen molar-refractivity contribution in [2.75, 3.05) is 13.9 Å². The van der Waals surface area contributed by atoms with Crippen molar-refractivity contribution in [2.45, 2.75) is 87.7 Å². The Kier molecular flexibility index (Phi) is 8.72. The van der Waals surface area contributed by atoms with Gasteiger partial charge in [0.05, 0.1) is 6.10 Å². The summed E-state index contributed by atoms with van der Waals surface area (Å²) >= 11 is 0. The van der Waals surface area contributed by atoms with E-state index in [1.165, 1.54) is 0 Å². The third kappa shape index (κ3) is 6.51. The predicted molar refractivity (Wildman–Crippen MR) is 107 cm³/mol. The SMILES string of the molecule is COCOC1CCC(C2CCC(C3(F)C=CC(OC(F)(F)C(F)C(F)(F)F)C(F)=C3)CC2)CC1. The Balaban J connectivity index is 1.52. The summed E-state index contributed by atoms with van der Waals surface area (Å²) in [5.41, 5.74) is -2.27. The Morgan fingerprint density at radius 1 is 0.971 bits per heavy atom. The van der Waals surface area contributed by atoms with Gasteiger partial charge in [0.25, 0.3) is 6.17 Å². The quantitative estimate of drug-likeness (QED) is 0.202. The minimum atomic E-state index is -5.89. The molecule has 0 amide bonds. The molecule has 0 spiro atoms. The van der Waals surface area contributed by atoms with Gasteiger partial charge in [-0.2, -0.15) is 22.0 Å². The first-order valence-corrected chi connectivity index (χ1v) is 11.5. The molecule has 0 heterocycles. The van der Waals surface area contributed by atoms with Crippen LogP contribution in [0.2, 0.25) is 0 Å². The molecule has 0 aromatic heterocycles. The molecule has 196 valence electrons. The third-order valence-electron chi connectivity index (χ3n) is 7.23. The van der Waals surface area contributed by atoms with E-state index < -0.39 is 42.0 Å². The molecule has 0 N–H and O–H groups in total. The summed E-state index contributed by atoms with van der Waals surface area (Å²) in [5, 5.41) is 0. The molecule has 3 rings (SSSR count). The van der Waals surface area contributed by atoms with Crippen molar-refractivity contribution < 1.29 is 49.3 Å². The largest absolute Gasteiger partial charge is 0.428 e. The van der Waals surface area contributed by atoms with Crippen molar-refractivity contribution in [3.05, 3.63) is 24.1 Å². The van der Waals surface area contributed by atoms with Crippen molar-refractivity contribution in [3.63, 3.8) is 0 Å². The van der Waals surface area contributed by atoms with Gasteiger partial charge in [-0.3, -0.25) is 0 Å². The Bertz CT molecular complexity index is 724. The van der Waals surface area contributed by atoms with Gasteiger partial charge in [0.2, 0.25) is 0 Å². The van der Waals surface area contributed by atoms with E-state index in [2.05, 4.69) is 4.74 Å². The molecule has 11 heteroatoms. The molecular weight excluding hydrogens is 476 g/mol. The molecule has 3 nitrogen and oxygen atoms in total. The van der Waals surface area contributed by atoms with Crippen LogP contribution >= 0.6 is 0 Å². The number of rotatable bonds is 8. The van der Waals surface area contributed by atoms with Crippen molar-refractivity contribution >= 4 is 0 Å². The van der Waals surface area contributed by atoms with Gasteiger partial charge in [-0.15, -0.1) is 0 Å². The van der Waals surface area contributed by atoms with Gasteiger partial charge in [-0.05, 0) is 81.4 Å². The number of methoxy groups -OCH3 is 1. The van der Waals surface area contributed by atoms with Gasteiger partial charge < -0.3 is 14.2 Å². The summed E-state index contributed by atoms with van der Waals surface area (Å²) in [6.45, 7) is 0.261. The topological polar surface area (TPSA) is 27.7 Å². The van der Waals surface area contributed by atoms with E-state index in [-0.39, 0.29) is 12.9 Å². The second-order valence-electron chi connectivity index (χ2n) is 9.44. The van der Waals surface area contributed by atoms with Crippen molar-refractivity contribution in [1.82, 2.24) is 0 Å². The van der Waals surface area contributed by atoms with Crippen LogP contribution in [0.15, 0.2) is 24.1 Å². The molecule has 0 saturated heterocycles. The number of halogens is 8. The van der Waals surface area contributed by atoms with Crippen LogP contribution in [0.25, 0.3) is 0 Å². The van der Waals surface area contributed by atoms with Crippen LogP contribution in [0.5, 0.6) is 0 Å². The summed E-state index contributed by atoms with van der Waals surface area (Å²) in [6, 6.07) is 0. The first-order valence-electron chi connectivity index (χ1n) is 11.5. The molecule has 2 saturated carbocycles. The minimum Gasteiger partial charge on any atom is -0.359 e. The molecule has 0 radical (unpaired) electrons. The Morgan fingerprint density at radius 2 is 1.53 bits per heavy atom. The smallest absolute Gasteiger partial charge is 0.359 e. The molecular formula is C23H30F8O3. The molecule has 0 aromatic carbocycles. The highest BCUT2D eigenvalue weighted by Crippen LogP contribution is 2.47. The van der Waals surface area contributed by atoms with Crippen LogP contribution in [0.1, 0.15) is 51.4 Å². The molecule has 2 fully saturated rings. The fraction of sp³-hybridized carbons (Fsp3) is 0.826. The summed E-state index contributed by atoms with van der Waals surface area (Å²) < 4.78 is 121. The molecule has 0 bridgehead atoms. The third-order valence-corrected chi connectivity index (χ3v) is 7.23. The van der Waals surface area contributed by atoms with E-state index >= 15 is 4.39 Å². The number of hydrogen-bond acceptors (Lipinski definition) is 3. The van der Waals surface area contributed by atoms with E-state index in [0.29, 0.717) is 36.8 Å². The lowest BCUT2D eigenvalue weighted by atomic mass is 9.67. The number of hydrogen-bond donors (Lipinski definition) is 0. The predicted octanol–water partition coefficient (Wildman–Crippen LogP) is 6.98. The van der Waals surface area contributed by atoms with E-state index in [0.717, 1.165) is 44.6 Å². The van der Waals surface area contributed by atoms with Crippen molar-refractivity contribution in [2.24, 2.45) is 17.8 Å². The van der Waals surface area contributed by atoms with Gasteiger partial charge >= 0.3 is 12.3 Å². The Hall–Kier alpha value is -1.20. The van der Waals surface area contributed by atoms with Crippen LogP contribution < -0.4 is 0 Å². The zero-order valence-electron chi connectivity index (χ0n) is 18.8. The monoisotopic (exact) mass is 506 g/mol. The maximum atomic E-state index is 15.5. The zero-order chi connectivity index (χ0) is 25.1. The van der Waals surface area contributed by atoms with Gasteiger partial charge in [0, 0.05) is 13.0 Å². The van der Waals surface area contributed by atoms with Gasteiger partial charge in [0.15, 0.2) is 5.67 Å². The first kappa shape index (κ1) is 27.4. The average molecular weight is 506 g/mol. The maximum absolute atomic E-state index is 15.5. The van der Waals surface area contributed by atoms with E-state index in [4.69, 9.17) is 9.47 Å². The number of alkyl halides is 7. The second kappa shape index (κ2) is 10.8. The van der Waals surface area contributed by atoms with Crippen LogP contribution in [0.3, 0.4) is 0 Å². The van der Waals surface area contributed by atoms with E-state index in [1.807, 2.05) is 0 Å². The highest BCUT2D eigenvalue weighted by atomic mass is 19.4. The van der Waals surface area contributed by atoms with Gasteiger partial charge in [-0.25, -0.2) is 13.2 Å². The molecule has 0 aliphatic heterocycles.